The first kappa shape index (κ1) is 20.0. The first-order chi connectivity index (χ1) is 11.3. The van der Waals surface area contributed by atoms with Crippen LogP contribution in [0.4, 0.5) is 0 Å². The number of rotatable bonds is 7. The number of hydrogen-bond donors (Lipinski definition) is 0. The van der Waals surface area contributed by atoms with Gasteiger partial charge in [-0.3, -0.25) is 9.69 Å². The van der Waals surface area contributed by atoms with E-state index < -0.39 is 18.0 Å². The number of hydrogen-bond acceptors (Lipinski definition) is 8. The maximum absolute atomic E-state index is 12.0. The van der Waals surface area contributed by atoms with E-state index >= 15 is 0 Å². The number of allylic oxidation sites excluding steroid dienone is 1. The maximum Gasteiger partial charge on any atom is 0.353 e. The molecule has 1 aliphatic rings. The molecule has 8 nitrogen and oxygen atoms in total. The Labute approximate surface area is 142 Å². The Bertz CT molecular complexity index is 505. The highest BCUT2D eigenvalue weighted by atomic mass is 16.5. The van der Waals surface area contributed by atoms with Crippen LogP contribution >= 0.6 is 0 Å². The fourth-order valence-corrected chi connectivity index (χ4v) is 2.69. The van der Waals surface area contributed by atoms with Crippen LogP contribution < -0.4 is 5.11 Å². The van der Waals surface area contributed by atoms with Gasteiger partial charge >= 0.3 is 11.9 Å². The van der Waals surface area contributed by atoms with Crippen molar-refractivity contribution in [1.29, 1.82) is 0 Å². The molecular formula is C16H25N2O6-. The number of nitrogens with zero attached hydrogens (tertiary/aromatic N) is 2. The summed E-state index contributed by atoms with van der Waals surface area (Å²) in [6, 6.07) is -0.949. The lowest BCUT2D eigenvalue weighted by Crippen LogP contribution is -2.55. The topological polar surface area (TPSA) is 99.2 Å². The van der Waals surface area contributed by atoms with Gasteiger partial charge in [0.25, 0.3) is 0 Å². The van der Waals surface area contributed by atoms with Crippen LogP contribution in [0.15, 0.2) is 11.5 Å². The van der Waals surface area contributed by atoms with Crippen LogP contribution in [0, 0.1) is 0 Å². The third kappa shape index (κ3) is 4.95. The highest BCUT2D eigenvalue weighted by molar-refractivity contribution is 6.01. The van der Waals surface area contributed by atoms with Crippen molar-refractivity contribution in [3.05, 3.63) is 11.5 Å². The molecule has 0 bridgehead atoms. The predicted octanol–water partition coefficient (Wildman–Crippen LogP) is -0.720. The predicted molar refractivity (Wildman–Crippen MR) is 83.6 cm³/mol. The van der Waals surface area contributed by atoms with Crippen LogP contribution in [0.5, 0.6) is 0 Å². The summed E-state index contributed by atoms with van der Waals surface area (Å²) in [6.45, 7) is 7.81. The lowest BCUT2D eigenvalue weighted by atomic mass is 10.1. The summed E-state index contributed by atoms with van der Waals surface area (Å²) in [7, 11) is 0. The monoisotopic (exact) mass is 341 g/mol. The first-order valence-electron chi connectivity index (χ1n) is 8.04. The highest BCUT2D eigenvalue weighted by Gasteiger charge is 2.34. The molecule has 24 heavy (non-hydrogen) atoms. The van der Waals surface area contributed by atoms with Gasteiger partial charge in [-0.1, -0.05) is 6.92 Å². The molecule has 0 N–H and O–H groups in total. The summed E-state index contributed by atoms with van der Waals surface area (Å²) in [6.07, 6.45) is 0. The molecule has 1 aliphatic heterocycles. The molecule has 0 aliphatic carbocycles. The maximum atomic E-state index is 12.0. The SMILES string of the molecule is CCOC(=O)/C(=C(\C)[O-])N1CCN(C(C(C)=O)C(=O)OCC)CC1. The second kappa shape index (κ2) is 9.27. The van der Waals surface area contributed by atoms with Crippen LogP contribution in [-0.2, 0) is 23.9 Å². The van der Waals surface area contributed by atoms with E-state index in [9.17, 15) is 19.5 Å². The smallest absolute Gasteiger partial charge is 0.353 e. The van der Waals surface area contributed by atoms with E-state index in [1.165, 1.54) is 13.8 Å². The fraction of sp³-hybridized carbons (Fsp3) is 0.688. The Morgan fingerprint density at radius 1 is 1.00 bits per heavy atom. The molecule has 0 aromatic carbocycles. The van der Waals surface area contributed by atoms with Crippen molar-refractivity contribution in [1.82, 2.24) is 9.80 Å². The molecule has 1 atom stereocenters. The minimum Gasteiger partial charge on any atom is -0.874 e. The zero-order valence-electron chi connectivity index (χ0n) is 14.7. The second-order valence-electron chi connectivity index (χ2n) is 5.41. The van der Waals surface area contributed by atoms with Crippen LogP contribution in [0.1, 0.15) is 27.7 Å². The molecule has 1 saturated heterocycles. The minimum atomic E-state index is -0.949. The van der Waals surface area contributed by atoms with E-state index in [-0.39, 0.29) is 30.5 Å². The number of ether oxygens (including phenoxy) is 2. The van der Waals surface area contributed by atoms with Gasteiger partial charge in [0.05, 0.1) is 13.2 Å². The molecule has 0 radical (unpaired) electrons. The molecule has 1 rings (SSSR count). The average molecular weight is 341 g/mol. The van der Waals surface area contributed by atoms with Gasteiger partial charge in [-0.15, -0.1) is 5.76 Å². The standard InChI is InChI=1S/C16H26N2O6/c1-5-23-15(21)13(11(3)19)17-7-9-18(10-8-17)14(12(4)20)16(22)24-6-2/h13,20H,5-10H2,1-4H3/p-1/b14-12-. The normalized spacial score (nSPS) is 17.8. The van der Waals surface area contributed by atoms with Gasteiger partial charge in [-0.25, -0.2) is 9.59 Å². The summed E-state index contributed by atoms with van der Waals surface area (Å²) in [5.74, 6) is -1.87. The molecule has 1 heterocycles. The van der Waals surface area contributed by atoms with Crippen molar-refractivity contribution in [3.63, 3.8) is 0 Å². The Morgan fingerprint density at radius 2 is 1.54 bits per heavy atom. The van der Waals surface area contributed by atoms with Crippen molar-refractivity contribution < 1.29 is 29.0 Å². The lowest BCUT2D eigenvalue weighted by molar-refractivity contribution is -0.305. The zero-order chi connectivity index (χ0) is 18.3. The van der Waals surface area contributed by atoms with Crippen molar-refractivity contribution >= 4 is 17.7 Å². The van der Waals surface area contributed by atoms with Crippen LogP contribution in [0.2, 0.25) is 0 Å². The van der Waals surface area contributed by atoms with Crippen molar-refractivity contribution in [2.45, 2.75) is 33.7 Å². The Balaban J connectivity index is 2.80. The van der Waals surface area contributed by atoms with Crippen LogP contribution in [0.3, 0.4) is 0 Å². The van der Waals surface area contributed by atoms with Gasteiger partial charge in [-0.05, 0) is 20.8 Å². The van der Waals surface area contributed by atoms with E-state index in [1.54, 1.807) is 23.6 Å². The number of piperazine rings is 1. The summed E-state index contributed by atoms with van der Waals surface area (Å²) in [5.41, 5.74) is 0.00649. The van der Waals surface area contributed by atoms with Gasteiger partial charge in [0, 0.05) is 26.2 Å². The quantitative estimate of drug-likeness (QED) is 0.259. The largest absolute Gasteiger partial charge is 0.874 e. The third-order valence-electron chi connectivity index (χ3n) is 3.69. The highest BCUT2D eigenvalue weighted by Crippen LogP contribution is 2.16. The van der Waals surface area contributed by atoms with Gasteiger partial charge in [0.2, 0.25) is 0 Å². The molecule has 1 fully saturated rings. The fourth-order valence-electron chi connectivity index (χ4n) is 2.69. The average Bonchev–Trinajstić information content (AvgIpc) is 2.49. The Kier molecular flexibility index (Phi) is 7.70. The van der Waals surface area contributed by atoms with Gasteiger partial charge in [0.15, 0.2) is 11.8 Å². The third-order valence-corrected chi connectivity index (χ3v) is 3.69. The van der Waals surface area contributed by atoms with Crippen molar-refractivity contribution in [3.8, 4) is 0 Å². The molecule has 1 unspecified atom stereocenters. The number of esters is 2. The van der Waals surface area contributed by atoms with Crippen molar-refractivity contribution in [2.24, 2.45) is 0 Å². The summed E-state index contributed by atoms with van der Waals surface area (Å²) in [5, 5.41) is 11.8. The molecule has 0 spiro atoms. The number of carbonyl (C=O) groups excluding carboxylic acids is 3. The van der Waals surface area contributed by atoms with Gasteiger partial charge in [0.1, 0.15) is 5.70 Å². The Morgan fingerprint density at radius 3 is 1.96 bits per heavy atom. The zero-order valence-corrected chi connectivity index (χ0v) is 14.7. The number of Topliss-reactive ketones (excluding diaryl/α,β-unsaturated/α-hetero) is 1. The van der Waals surface area contributed by atoms with E-state index in [1.807, 2.05) is 0 Å². The van der Waals surface area contributed by atoms with Crippen LogP contribution in [0.25, 0.3) is 0 Å². The van der Waals surface area contributed by atoms with E-state index in [2.05, 4.69) is 0 Å². The van der Waals surface area contributed by atoms with Gasteiger partial charge < -0.3 is 19.5 Å². The van der Waals surface area contributed by atoms with E-state index in [4.69, 9.17) is 9.47 Å². The van der Waals surface area contributed by atoms with Gasteiger partial charge in [-0.2, -0.15) is 0 Å². The first-order valence-corrected chi connectivity index (χ1v) is 8.04. The molecule has 0 saturated carbocycles. The minimum absolute atomic E-state index is 0.00649. The molecule has 8 heteroatoms. The summed E-state index contributed by atoms with van der Waals surface area (Å²) < 4.78 is 9.87. The second-order valence-corrected chi connectivity index (χ2v) is 5.41. The molecule has 136 valence electrons. The van der Waals surface area contributed by atoms with E-state index in [0.29, 0.717) is 26.2 Å². The molecule has 0 aromatic rings. The molecule has 0 amide bonds. The van der Waals surface area contributed by atoms with Crippen LogP contribution in [-0.4, -0.2) is 73.0 Å². The van der Waals surface area contributed by atoms with Crippen molar-refractivity contribution in [2.75, 3.05) is 39.4 Å². The Hall–Kier alpha value is -2.09. The molecule has 0 aromatic heterocycles. The number of ketones is 1. The lowest BCUT2D eigenvalue weighted by Gasteiger charge is -2.39. The number of carbonyl (C=O) groups is 3. The molecular weight excluding hydrogens is 316 g/mol. The summed E-state index contributed by atoms with van der Waals surface area (Å²) >= 11 is 0. The van der Waals surface area contributed by atoms with E-state index in [0.717, 1.165) is 0 Å². The summed E-state index contributed by atoms with van der Waals surface area (Å²) in [4.78, 5) is 39.0.